The van der Waals surface area contributed by atoms with E-state index in [0.29, 0.717) is 6.61 Å². The molecule has 0 unspecified atom stereocenters. The van der Waals surface area contributed by atoms with E-state index in [4.69, 9.17) is 9.47 Å². The summed E-state index contributed by atoms with van der Waals surface area (Å²) < 4.78 is 11.8. The molecule has 33 heavy (non-hydrogen) atoms. The van der Waals surface area contributed by atoms with Gasteiger partial charge in [0.15, 0.2) is 0 Å². The van der Waals surface area contributed by atoms with Crippen LogP contribution in [0, 0.1) is 5.92 Å². The van der Waals surface area contributed by atoms with Crippen LogP contribution >= 0.6 is 0 Å². The average Bonchev–Trinajstić information content (AvgIpc) is 2.81. The maximum Gasteiger partial charge on any atom is 0.225 e. The fourth-order valence-corrected chi connectivity index (χ4v) is 4.95. The van der Waals surface area contributed by atoms with E-state index in [0.717, 1.165) is 62.4 Å². The highest BCUT2D eigenvalue weighted by Crippen LogP contribution is 2.35. The Morgan fingerprint density at radius 1 is 1.15 bits per heavy atom. The lowest BCUT2D eigenvalue weighted by atomic mass is 9.85. The molecule has 1 aliphatic heterocycles. The van der Waals surface area contributed by atoms with Gasteiger partial charge >= 0.3 is 0 Å². The van der Waals surface area contributed by atoms with Crippen molar-refractivity contribution in [3.8, 4) is 11.5 Å². The molecule has 0 spiro atoms. The molecule has 2 aromatic carbocycles. The summed E-state index contributed by atoms with van der Waals surface area (Å²) in [5, 5.41) is 2.76. The lowest BCUT2D eigenvalue weighted by molar-refractivity contribution is -0.129. The Hall–Kier alpha value is -2.79. The zero-order valence-electron chi connectivity index (χ0n) is 20.4. The summed E-state index contributed by atoms with van der Waals surface area (Å²) in [6.45, 7) is 7.60. The molecule has 2 aliphatic rings. The zero-order valence-corrected chi connectivity index (χ0v) is 20.4. The number of amides is 1. The normalized spacial score (nSPS) is 16.2. The van der Waals surface area contributed by atoms with Crippen LogP contribution in [-0.4, -0.2) is 44.6 Å². The van der Waals surface area contributed by atoms with Gasteiger partial charge in [-0.25, -0.2) is 0 Å². The Morgan fingerprint density at radius 3 is 2.70 bits per heavy atom. The molecule has 0 aromatic heterocycles. The Balaban J connectivity index is 1.39. The Morgan fingerprint density at radius 2 is 1.97 bits per heavy atom. The molecule has 2 aromatic rings. The van der Waals surface area contributed by atoms with Crippen molar-refractivity contribution in [1.82, 2.24) is 10.2 Å². The van der Waals surface area contributed by atoms with Crippen LogP contribution in [0.5, 0.6) is 11.5 Å². The molecule has 1 N–H and O–H groups in total. The molecule has 5 nitrogen and oxygen atoms in total. The summed E-state index contributed by atoms with van der Waals surface area (Å²) in [6.07, 6.45) is 4.28. The van der Waals surface area contributed by atoms with Crippen molar-refractivity contribution >= 4 is 11.5 Å². The molecule has 1 fully saturated rings. The number of benzene rings is 2. The van der Waals surface area contributed by atoms with Gasteiger partial charge in [-0.15, -0.1) is 0 Å². The van der Waals surface area contributed by atoms with Crippen molar-refractivity contribution in [2.45, 2.75) is 46.1 Å². The second-order valence-electron chi connectivity index (χ2n) is 9.24. The number of allylic oxidation sites excluding steroid dienone is 1. The van der Waals surface area contributed by atoms with Crippen LogP contribution in [0.15, 0.2) is 42.0 Å². The highest BCUT2D eigenvalue weighted by atomic mass is 16.5. The highest BCUT2D eigenvalue weighted by Gasteiger charge is 2.32. The number of carbonyl (C=O) groups is 1. The number of carbonyl (C=O) groups excluding carboxylic acids is 1. The quantitative estimate of drug-likeness (QED) is 0.608. The van der Waals surface area contributed by atoms with Gasteiger partial charge < -0.3 is 14.8 Å². The van der Waals surface area contributed by atoms with Gasteiger partial charge in [-0.3, -0.25) is 9.69 Å². The van der Waals surface area contributed by atoms with Crippen molar-refractivity contribution in [2.24, 2.45) is 5.92 Å². The van der Waals surface area contributed by atoms with Crippen LogP contribution in [0.2, 0.25) is 0 Å². The SMILES string of the molecule is CCCc1ccc(COc2ccc3c(c2)CCC(CN2CC(C(=O)NC)C2)=C3C)c(OC)c1. The van der Waals surface area contributed by atoms with Gasteiger partial charge in [-0.2, -0.15) is 0 Å². The maximum absolute atomic E-state index is 11.7. The smallest absolute Gasteiger partial charge is 0.225 e. The van der Waals surface area contributed by atoms with E-state index in [9.17, 15) is 4.79 Å². The molecule has 1 amide bonds. The molecule has 176 valence electrons. The molecule has 1 saturated heterocycles. The predicted molar refractivity (Wildman–Crippen MR) is 133 cm³/mol. The van der Waals surface area contributed by atoms with Crippen LogP contribution in [-0.2, 0) is 24.2 Å². The minimum Gasteiger partial charge on any atom is -0.496 e. The highest BCUT2D eigenvalue weighted by molar-refractivity contribution is 5.79. The molecular formula is C28H36N2O3. The second-order valence-corrected chi connectivity index (χ2v) is 9.24. The lowest BCUT2D eigenvalue weighted by Crippen LogP contribution is -2.53. The van der Waals surface area contributed by atoms with E-state index in [1.54, 1.807) is 14.2 Å². The number of rotatable bonds is 9. The minimum atomic E-state index is 0.146. The first-order valence-corrected chi connectivity index (χ1v) is 12.1. The van der Waals surface area contributed by atoms with Crippen molar-refractivity contribution in [2.75, 3.05) is 33.8 Å². The monoisotopic (exact) mass is 448 g/mol. The summed E-state index contributed by atoms with van der Waals surface area (Å²) in [5.74, 6) is 2.11. The molecule has 1 aliphatic carbocycles. The van der Waals surface area contributed by atoms with Crippen LogP contribution in [0.4, 0.5) is 0 Å². The molecule has 4 rings (SSSR count). The van der Waals surface area contributed by atoms with Gasteiger partial charge in [0.2, 0.25) is 5.91 Å². The number of aryl methyl sites for hydroxylation is 2. The number of hydrogen-bond acceptors (Lipinski definition) is 4. The summed E-state index contributed by atoms with van der Waals surface area (Å²) in [7, 11) is 3.44. The third-order valence-corrected chi connectivity index (χ3v) is 6.98. The van der Waals surface area contributed by atoms with E-state index >= 15 is 0 Å². The van der Waals surface area contributed by atoms with Crippen molar-refractivity contribution in [3.63, 3.8) is 0 Å². The van der Waals surface area contributed by atoms with E-state index in [2.05, 4.69) is 60.5 Å². The molecule has 0 atom stereocenters. The molecule has 0 bridgehead atoms. The number of nitrogens with zero attached hydrogens (tertiary/aromatic N) is 1. The van der Waals surface area contributed by atoms with Gasteiger partial charge in [0.25, 0.3) is 0 Å². The van der Waals surface area contributed by atoms with Gasteiger partial charge in [0.1, 0.15) is 18.1 Å². The summed E-state index contributed by atoms with van der Waals surface area (Å²) >= 11 is 0. The van der Waals surface area contributed by atoms with E-state index in [1.807, 2.05) is 0 Å². The van der Waals surface area contributed by atoms with Gasteiger partial charge in [0, 0.05) is 32.2 Å². The van der Waals surface area contributed by atoms with Crippen LogP contribution in [0.25, 0.3) is 5.57 Å². The molecule has 5 heteroatoms. The molecule has 1 heterocycles. The van der Waals surface area contributed by atoms with Gasteiger partial charge in [0.05, 0.1) is 13.0 Å². The van der Waals surface area contributed by atoms with E-state index in [-0.39, 0.29) is 11.8 Å². The molecule has 0 radical (unpaired) electrons. The summed E-state index contributed by atoms with van der Waals surface area (Å²) in [6, 6.07) is 12.9. The van der Waals surface area contributed by atoms with E-state index in [1.165, 1.54) is 27.8 Å². The number of likely N-dealkylation sites (tertiary alicyclic amines) is 1. The second kappa shape index (κ2) is 10.4. The maximum atomic E-state index is 11.7. The fraction of sp³-hybridized carbons (Fsp3) is 0.464. The standard InChI is InChI=1S/C28H36N2O3/c1-5-6-20-7-8-23(27(13-20)32-4)18-33-25-11-12-26-19(2)22(10-9-21(26)14-25)15-30-16-24(17-30)28(31)29-3/h7-8,11-14,24H,5-6,9-10,15-18H2,1-4H3,(H,29,31). The number of fused-ring (bicyclic) bond motifs is 1. The number of methoxy groups -OCH3 is 1. The third kappa shape index (κ3) is 5.25. The summed E-state index contributed by atoms with van der Waals surface area (Å²) in [4.78, 5) is 14.1. The first kappa shape index (κ1) is 23.4. The van der Waals surface area contributed by atoms with Gasteiger partial charge in [-0.1, -0.05) is 37.1 Å². The average molecular weight is 449 g/mol. The minimum absolute atomic E-state index is 0.146. The lowest BCUT2D eigenvalue weighted by Gasteiger charge is -2.39. The van der Waals surface area contributed by atoms with Crippen molar-refractivity contribution < 1.29 is 14.3 Å². The van der Waals surface area contributed by atoms with Crippen LogP contribution in [0.1, 0.15) is 48.9 Å². The number of hydrogen-bond donors (Lipinski definition) is 1. The fourth-order valence-electron chi connectivity index (χ4n) is 4.95. The summed E-state index contributed by atoms with van der Waals surface area (Å²) in [5.41, 5.74) is 7.91. The Labute approximate surface area is 197 Å². The Bertz CT molecular complexity index is 1040. The number of ether oxygens (including phenoxy) is 2. The largest absolute Gasteiger partial charge is 0.496 e. The Kier molecular flexibility index (Phi) is 7.39. The van der Waals surface area contributed by atoms with E-state index < -0.39 is 0 Å². The zero-order chi connectivity index (χ0) is 23.4. The van der Waals surface area contributed by atoms with Crippen molar-refractivity contribution in [1.29, 1.82) is 0 Å². The topological polar surface area (TPSA) is 50.8 Å². The van der Waals surface area contributed by atoms with Crippen LogP contribution in [0.3, 0.4) is 0 Å². The first-order valence-electron chi connectivity index (χ1n) is 12.1. The number of nitrogens with one attached hydrogen (secondary N) is 1. The molecule has 0 saturated carbocycles. The third-order valence-electron chi connectivity index (χ3n) is 6.98. The molecular weight excluding hydrogens is 412 g/mol. The predicted octanol–water partition coefficient (Wildman–Crippen LogP) is 4.62. The van der Waals surface area contributed by atoms with Gasteiger partial charge in [-0.05, 0) is 66.6 Å². The first-order chi connectivity index (χ1) is 16.0. The van der Waals surface area contributed by atoms with Crippen molar-refractivity contribution in [3.05, 3.63) is 64.2 Å². The van der Waals surface area contributed by atoms with Crippen LogP contribution < -0.4 is 14.8 Å².